The van der Waals surface area contributed by atoms with Crippen LogP contribution in [0.2, 0.25) is 0 Å². The van der Waals surface area contributed by atoms with Crippen molar-refractivity contribution in [2.75, 3.05) is 14.2 Å². The van der Waals surface area contributed by atoms with Crippen molar-refractivity contribution in [2.45, 2.75) is 216 Å². The summed E-state index contributed by atoms with van der Waals surface area (Å²) in [6.45, 7) is 3.99. The lowest BCUT2D eigenvalue weighted by atomic mass is 9.83. The molecule has 0 aromatic rings. The van der Waals surface area contributed by atoms with Gasteiger partial charge in [0.2, 0.25) is 0 Å². The average molecular weight is 735 g/mol. The van der Waals surface area contributed by atoms with E-state index in [4.69, 9.17) is 23.7 Å². The van der Waals surface area contributed by atoms with Crippen LogP contribution in [0.1, 0.15) is 162 Å². The summed E-state index contributed by atoms with van der Waals surface area (Å²) < 4.78 is 28.5. The number of rotatable bonds is 26. The quantitative estimate of drug-likeness (QED) is 0.0470. The summed E-state index contributed by atoms with van der Waals surface area (Å²) in [4.78, 5) is 24.9. The number of carbonyl (C=O) groups is 2. The average Bonchev–Trinajstić information content (AvgIpc) is 3.94. The summed E-state index contributed by atoms with van der Waals surface area (Å²) in [7, 11) is 2.62. The number of carbonyl (C=O) groups excluding carboxylic acids is 2. The molecule has 0 aromatic heterocycles. The van der Waals surface area contributed by atoms with Gasteiger partial charge in [0.05, 0.1) is 68.1 Å². The van der Waals surface area contributed by atoms with E-state index in [2.05, 4.69) is 6.92 Å². The van der Waals surface area contributed by atoms with E-state index in [0.717, 1.165) is 102 Å². The molecule has 9 atom stereocenters. The van der Waals surface area contributed by atoms with Crippen molar-refractivity contribution in [3.05, 3.63) is 22.8 Å². The van der Waals surface area contributed by atoms with E-state index in [0.29, 0.717) is 6.42 Å². The van der Waals surface area contributed by atoms with Gasteiger partial charge in [-0.05, 0) is 89.2 Å². The lowest BCUT2D eigenvalue weighted by Gasteiger charge is -2.24. The number of unbranched alkanes of at least 4 members (excludes halogenated alkanes) is 11. The second-order valence-corrected chi connectivity index (χ2v) is 16.0. The van der Waals surface area contributed by atoms with E-state index in [1.807, 2.05) is 6.08 Å². The van der Waals surface area contributed by atoms with E-state index in [-0.39, 0.29) is 41.7 Å². The van der Waals surface area contributed by atoms with Crippen molar-refractivity contribution in [3.63, 3.8) is 0 Å². The highest BCUT2D eigenvalue weighted by Gasteiger charge is 2.54. The molecule has 52 heavy (non-hydrogen) atoms. The van der Waals surface area contributed by atoms with Crippen molar-refractivity contribution in [1.29, 1.82) is 0 Å². The summed E-state index contributed by atoms with van der Waals surface area (Å²) in [5.74, 6) is -1.09. The monoisotopic (exact) mass is 734 g/mol. The van der Waals surface area contributed by atoms with Crippen molar-refractivity contribution >= 4 is 11.9 Å². The number of esters is 2. The summed E-state index contributed by atoms with van der Waals surface area (Å²) in [5, 5.41) is 31.8. The van der Waals surface area contributed by atoms with Crippen LogP contribution in [-0.2, 0) is 33.3 Å². The second-order valence-electron chi connectivity index (χ2n) is 16.0. The third kappa shape index (κ3) is 12.1. The van der Waals surface area contributed by atoms with E-state index in [9.17, 15) is 24.9 Å². The van der Waals surface area contributed by atoms with Gasteiger partial charge in [-0.2, -0.15) is 0 Å². The van der Waals surface area contributed by atoms with Gasteiger partial charge in [-0.25, -0.2) is 9.59 Å². The summed E-state index contributed by atoms with van der Waals surface area (Å²) in [5.41, 5.74) is 0.620. The number of ether oxygens (including phenoxy) is 5. The minimum Gasteiger partial charge on any atom is -0.466 e. The Balaban J connectivity index is 0.988. The highest BCUT2D eigenvalue weighted by atomic mass is 16.6. The molecule has 3 N–H and O–H groups in total. The Kier molecular flexibility index (Phi) is 18.1. The van der Waals surface area contributed by atoms with Crippen LogP contribution in [0.5, 0.6) is 0 Å². The molecule has 0 aromatic carbocycles. The molecule has 0 spiro atoms. The number of aliphatic hydroxyl groups excluding tert-OH is 3. The van der Waals surface area contributed by atoms with Crippen LogP contribution in [0.15, 0.2) is 22.8 Å². The molecule has 298 valence electrons. The number of methoxy groups -OCH3 is 2. The second kappa shape index (κ2) is 21.9. The number of hydrogen-bond acceptors (Lipinski definition) is 10. The van der Waals surface area contributed by atoms with Gasteiger partial charge in [0.25, 0.3) is 0 Å². The van der Waals surface area contributed by atoms with Crippen LogP contribution in [0, 0.1) is 0 Å². The molecule has 0 radical (unpaired) electrons. The standard InChI is InChI=1S/C42H70O10/c1-5-6-7-16-20-30(43)21-18-23-32(45)34-25-27-36(51-34)35-26-24-33(50-35)31(44)22-17-14-12-10-8-9-11-13-15-19-29-28-42(2)38(41(47)49-4)37(39(29)52-42)40(46)48-3/h28,30-36,39,43-45H,5-27H2,1-4H3/t30-,31+,32-,33+,34+,35+,36+,39?,42?/m0/s1. The van der Waals surface area contributed by atoms with E-state index in [1.54, 1.807) is 6.92 Å². The van der Waals surface area contributed by atoms with Gasteiger partial charge in [0.1, 0.15) is 11.7 Å². The molecule has 4 aliphatic heterocycles. The van der Waals surface area contributed by atoms with Gasteiger partial charge in [-0.3, -0.25) is 0 Å². The van der Waals surface area contributed by atoms with Crippen LogP contribution < -0.4 is 0 Å². The smallest absolute Gasteiger partial charge is 0.337 e. The minimum atomic E-state index is -0.946. The Bertz CT molecular complexity index is 1170. The van der Waals surface area contributed by atoms with Crippen LogP contribution in [0.3, 0.4) is 0 Å². The molecule has 4 rings (SSSR count). The number of aliphatic hydroxyl groups is 3. The molecule has 0 amide bonds. The lowest BCUT2D eigenvalue weighted by Crippen LogP contribution is -2.33. The van der Waals surface area contributed by atoms with Gasteiger partial charge < -0.3 is 39.0 Å². The fraction of sp³-hybridized carbons (Fsp3) is 0.857. The molecule has 4 heterocycles. The molecule has 0 saturated carbocycles. The van der Waals surface area contributed by atoms with Crippen LogP contribution in [-0.4, -0.2) is 95.9 Å². The predicted molar refractivity (Wildman–Crippen MR) is 200 cm³/mol. The molecular formula is C42H70O10. The maximum Gasteiger partial charge on any atom is 0.337 e. The molecule has 4 aliphatic rings. The van der Waals surface area contributed by atoms with Gasteiger partial charge in [-0.1, -0.05) is 84.0 Å². The summed E-state index contributed by atoms with van der Waals surface area (Å²) in [6, 6.07) is 0. The highest BCUT2D eigenvalue weighted by molar-refractivity contribution is 6.05. The first-order chi connectivity index (χ1) is 25.1. The molecule has 2 bridgehead atoms. The molecule has 2 saturated heterocycles. The Labute approximate surface area is 313 Å². The zero-order chi connectivity index (χ0) is 37.5. The minimum absolute atomic E-state index is 0.00276. The SMILES string of the molecule is CCCCCC[C@H](O)CCC[C@H](O)[C@H]1CC[C@H]([C@H]2CC[C@H]([C@H](O)CCCCCCCCCCCC3=CC4(C)OC3C(C(=O)OC)=C4C(=O)OC)O2)O1. The predicted octanol–water partition coefficient (Wildman–Crippen LogP) is 7.34. The van der Waals surface area contributed by atoms with E-state index >= 15 is 0 Å². The molecular weight excluding hydrogens is 664 g/mol. The van der Waals surface area contributed by atoms with E-state index in [1.165, 1.54) is 59.2 Å². The fourth-order valence-electron chi connectivity index (χ4n) is 8.79. The topological polar surface area (TPSA) is 141 Å². The van der Waals surface area contributed by atoms with Gasteiger partial charge in [0, 0.05) is 0 Å². The Hall–Kier alpha value is -1.82. The van der Waals surface area contributed by atoms with Crippen molar-refractivity contribution in [3.8, 4) is 0 Å². The van der Waals surface area contributed by atoms with Gasteiger partial charge in [0.15, 0.2) is 0 Å². The first-order valence-electron chi connectivity index (χ1n) is 20.8. The Morgan fingerprint density at radius 2 is 1.21 bits per heavy atom. The zero-order valence-electron chi connectivity index (χ0n) is 32.7. The number of hydrogen-bond donors (Lipinski definition) is 3. The first-order valence-corrected chi connectivity index (χ1v) is 20.8. The van der Waals surface area contributed by atoms with Crippen LogP contribution in [0.25, 0.3) is 0 Å². The molecule has 0 aliphatic carbocycles. The molecule has 10 heteroatoms. The maximum atomic E-state index is 12.5. The van der Waals surface area contributed by atoms with Crippen molar-refractivity contribution in [2.24, 2.45) is 0 Å². The third-order valence-corrected chi connectivity index (χ3v) is 11.8. The van der Waals surface area contributed by atoms with Crippen LogP contribution >= 0.6 is 0 Å². The van der Waals surface area contributed by atoms with Crippen LogP contribution in [0.4, 0.5) is 0 Å². The van der Waals surface area contributed by atoms with E-state index < -0.39 is 35.9 Å². The largest absolute Gasteiger partial charge is 0.466 e. The maximum absolute atomic E-state index is 12.5. The molecule has 10 nitrogen and oxygen atoms in total. The number of fused-ring (bicyclic) bond motifs is 2. The molecule has 2 fully saturated rings. The zero-order valence-corrected chi connectivity index (χ0v) is 32.7. The first kappa shape index (κ1) is 42.9. The third-order valence-electron chi connectivity index (χ3n) is 11.8. The fourth-order valence-corrected chi connectivity index (χ4v) is 8.79. The van der Waals surface area contributed by atoms with Crippen molar-refractivity contribution < 1.29 is 48.6 Å². The molecule has 2 unspecified atom stereocenters. The lowest BCUT2D eigenvalue weighted by molar-refractivity contribution is -0.139. The van der Waals surface area contributed by atoms with Crippen molar-refractivity contribution in [1.82, 2.24) is 0 Å². The Morgan fingerprint density at radius 3 is 1.79 bits per heavy atom. The van der Waals surface area contributed by atoms with Gasteiger partial charge >= 0.3 is 11.9 Å². The Morgan fingerprint density at radius 1 is 0.712 bits per heavy atom. The highest BCUT2D eigenvalue weighted by Crippen LogP contribution is 2.48. The van der Waals surface area contributed by atoms with Gasteiger partial charge in [-0.15, -0.1) is 0 Å². The summed E-state index contributed by atoms with van der Waals surface area (Å²) in [6.07, 6.45) is 22.9. The summed E-state index contributed by atoms with van der Waals surface area (Å²) >= 11 is 0. The normalized spacial score (nSPS) is 28.7.